The van der Waals surface area contributed by atoms with E-state index in [0.29, 0.717) is 0 Å². The highest BCUT2D eigenvalue weighted by Gasteiger charge is 2.21. The monoisotopic (exact) mass is 301 g/mol. The van der Waals surface area contributed by atoms with Crippen LogP contribution in [0.25, 0.3) is 0 Å². The van der Waals surface area contributed by atoms with Crippen LogP contribution in [0.15, 0.2) is 30.3 Å². The van der Waals surface area contributed by atoms with Crippen LogP contribution in [0, 0.1) is 0 Å². The first-order valence-corrected chi connectivity index (χ1v) is 8.66. The Morgan fingerprint density at radius 2 is 1.55 bits per heavy atom. The zero-order valence-corrected chi connectivity index (χ0v) is 13.8. The maximum absolute atomic E-state index is 3.40. The summed E-state index contributed by atoms with van der Waals surface area (Å²) >= 11 is 0. The maximum atomic E-state index is 3.40. The Bertz CT molecular complexity index is 481. The van der Waals surface area contributed by atoms with Crippen LogP contribution >= 0.6 is 0 Å². The molecule has 4 nitrogen and oxygen atoms in total. The van der Waals surface area contributed by atoms with E-state index in [1.165, 1.54) is 63.5 Å². The molecule has 0 saturated carbocycles. The molecular formula is C18H29N4+. The lowest BCUT2D eigenvalue weighted by molar-refractivity contribution is -0.541. The summed E-state index contributed by atoms with van der Waals surface area (Å²) in [4.78, 5) is 5.23. The molecule has 0 bridgehead atoms. The Labute approximate surface area is 134 Å². The van der Waals surface area contributed by atoms with E-state index in [0.717, 1.165) is 13.1 Å². The van der Waals surface area contributed by atoms with Crippen molar-refractivity contribution in [3.63, 3.8) is 0 Å². The smallest absolute Gasteiger partial charge is 0.276 e. The number of nitrogens with zero attached hydrogens (tertiary/aromatic N) is 3. The van der Waals surface area contributed by atoms with Crippen LogP contribution in [-0.4, -0.2) is 79.6 Å². The third kappa shape index (κ3) is 3.87. The summed E-state index contributed by atoms with van der Waals surface area (Å²) < 4.78 is 2.49. The lowest BCUT2D eigenvalue weighted by Gasteiger charge is -2.29. The van der Waals surface area contributed by atoms with E-state index < -0.39 is 0 Å². The molecule has 1 N–H and O–H groups in total. The van der Waals surface area contributed by atoms with Gasteiger partial charge in [0.25, 0.3) is 5.84 Å². The van der Waals surface area contributed by atoms with Gasteiger partial charge in [0.15, 0.2) is 0 Å². The first-order chi connectivity index (χ1) is 10.9. The molecule has 4 heteroatoms. The maximum Gasteiger partial charge on any atom is 0.276 e. The molecular weight excluding hydrogens is 272 g/mol. The van der Waals surface area contributed by atoms with Crippen molar-refractivity contribution in [2.75, 3.05) is 59.4 Å². The fourth-order valence-corrected chi connectivity index (χ4v) is 3.57. The second kappa shape index (κ2) is 7.75. The van der Waals surface area contributed by atoms with Gasteiger partial charge in [-0.2, -0.15) is 0 Å². The molecule has 2 fully saturated rings. The molecule has 0 amide bonds. The summed E-state index contributed by atoms with van der Waals surface area (Å²) in [6.45, 7) is 9.68. The van der Waals surface area contributed by atoms with Crippen molar-refractivity contribution >= 4 is 5.84 Å². The van der Waals surface area contributed by atoms with Crippen molar-refractivity contribution in [2.45, 2.75) is 12.8 Å². The highest BCUT2D eigenvalue weighted by Crippen LogP contribution is 2.08. The number of nitrogens with one attached hydrogen (secondary N) is 1. The molecule has 0 aromatic heterocycles. The predicted octanol–water partition coefficient (Wildman–Crippen LogP) is 1.08. The van der Waals surface area contributed by atoms with Gasteiger partial charge in [-0.25, -0.2) is 0 Å². The second-order valence-corrected chi connectivity index (χ2v) is 6.34. The largest absolute Gasteiger partial charge is 0.302 e. The molecule has 2 aliphatic heterocycles. The summed E-state index contributed by atoms with van der Waals surface area (Å²) in [5.74, 6) is 1.26. The Morgan fingerprint density at radius 1 is 0.955 bits per heavy atom. The van der Waals surface area contributed by atoms with Gasteiger partial charge < -0.3 is 4.90 Å². The van der Waals surface area contributed by atoms with E-state index in [1.807, 2.05) is 7.05 Å². The van der Waals surface area contributed by atoms with Gasteiger partial charge in [0.1, 0.15) is 0 Å². The van der Waals surface area contributed by atoms with Gasteiger partial charge in [-0.05, 0) is 38.1 Å². The summed E-state index contributed by atoms with van der Waals surface area (Å²) in [5, 5.41) is 3.40. The van der Waals surface area contributed by atoms with E-state index in [4.69, 9.17) is 0 Å². The van der Waals surface area contributed by atoms with Crippen LogP contribution in [0.1, 0.15) is 18.4 Å². The number of rotatable bonds is 4. The zero-order chi connectivity index (χ0) is 15.2. The van der Waals surface area contributed by atoms with Crippen LogP contribution in [0.4, 0.5) is 0 Å². The van der Waals surface area contributed by atoms with Crippen LogP contribution in [0.5, 0.6) is 0 Å². The number of hydrogen-bond acceptors (Lipinski definition) is 2. The summed E-state index contributed by atoms with van der Waals surface area (Å²) in [7, 11) is 2.03. The Morgan fingerprint density at radius 3 is 2.14 bits per heavy atom. The molecule has 2 heterocycles. The van der Waals surface area contributed by atoms with Gasteiger partial charge in [0, 0.05) is 26.2 Å². The van der Waals surface area contributed by atoms with Crippen LogP contribution in [0.2, 0.25) is 0 Å². The third-order valence-corrected chi connectivity index (χ3v) is 4.90. The Hall–Kier alpha value is -1.39. The number of likely N-dealkylation sites (tertiary alicyclic amines) is 1. The third-order valence-electron chi connectivity index (χ3n) is 4.90. The van der Waals surface area contributed by atoms with Crippen LogP contribution in [-0.2, 0) is 0 Å². The molecule has 3 rings (SSSR count). The van der Waals surface area contributed by atoms with Crippen LogP contribution in [0.3, 0.4) is 0 Å². The second-order valence-electron chi connectivity index (χ2n) is 6.34. The van der Waals surface area contributed by atoms with Gasteiger partial charge in [-0.1, -0.05) is 18.2 Å². The summed E-state index contributed by atoms with van der Waals surface area (Å²) in [6, 6.07) is 10.7. The standard InChI is InChI=1S/C18H28N4/c1-19-18(17-7-3-2-4-8-17)22-15-13-21(14-16-22)12-11-20-9-5-6-10-20/h2-4,7-8H,5-6,9-16H2,1H3/p+1. The fraction of sp³-hybridized carbons (Fsp3) is 0.611. The number of hydrogen-bond donors (Lipinski definition) is 1. The lowest BCUT2D eigenvalue weighted by atomic mass is 10.2. The van der Waals surface area contributed by atoms with Gasteiger partial charge in [-0.3, -0.25) is 14.8 Å². The minimum absolute atomic E-state index is 1.12. The predicted molar refractivity (Wildman–Crippen MR) is 91.7 cm³/mol. The Kier molecular flexibility index (Phi) is 5.46. The lowest BCUT2D eigenvalue weighted by Crippen LogP contribution is -2.48. The number of piperazine rings is 1. The zero-order valence-electron chi connectivity index (χ0n) is 13.8. The van der Waals surface area contributed by atoms with E-state index in [9.17, 15) is 0 Å². The molecule has 0 spiro atoms. The molecule has 0 atom stereocenters. The van der Waals surface area contributed by atoms with Gasteiger partial charge >= 0.3 is 0 Å². The first kappa shape index (κ1) is 15.5. The summed E-state index contributed by atoms with van der Waals surface area (Å²) in [6.07, 6.45) is 2.79. The number of amidine groups is 1. The molecule has 2 saturated heterocycles. The minimum atomic E-state index is 1.12. The average molecular weight is 301 g/mol. The molecule has 120 valence electrons. The average Bonchev–Trinajstić information content (AvgIpc) is 3.09. The molecule has 0 unspecified atom stereocenters. The first-order valence-electron chi connectivity index (χ1n) is 8.66. The molecule has 0 radical (unpaired) electrons. The van der Waals surface area contributed by atoms with E-state index in [-0.39, 0.29) is 0 Å². The van der Waals surface area contributed by atoms with E-state index in [1.54, 1.807) is 0 Å². The van der Waals surface area contributed by atoms with Crippen molar-refractivity contribution in [3.8, 4) is 0 Å². The molecule has 1 aromatic carbocycles. The molecule has 0 aliphatic carbocycles. The SMILES string of the molecule is CNC(c1ccccc1)=[N+]1CCN(CCN2CCCC2)CC1. The van der Waals surface area contributed by atoms with Gasteiger partial charge in [0.2, 0.25) is 0 Å². The number of benzene rings is 1. The highest BCUT2D eigenvalue weighted by molar-refractivity contribution is 5.94. The topological polar surface area (TPSA) is 21.5 Å². The molecule has 22 heavy (non-hydrogen) atoms. The Balaban J connectivity index is 1.54. The molecule has 2 aliphatic rings. The van der Waals surface area contributed by atoms with Crippen molar-refractivity contribution < 1.29 is 4.58 Å². The van der Waals surface area contributed by atoms with E-state index in [2.05, 4.69) is 50.0 Å². The normalized spacial score (nSPS) is 20.3. The van der Waals surface area contributed by atoms with Crippen molar-refractivity contribution in [1.29, 1.82) is 0 Å². The molecule has 1 aromatic rings. The fourth-order valence-electron chi connectivity index (χ4n) is 3.57. The van der Waals surface area contributed by atoms with Gasteiger partial charge in [-0.15, -0.1) is 0 Å². The van der Waals surface area contributed by atoms with Crippen molar-refractivity contribution in [2.24, 2.45) is 0 Å². The van der Waals surface area contributed by atoms with E-state index >= 15 is 0 Å². The van der Waals surface area contributed by atoms with Crippen molar-refractivity contribution in [3.05, 3.63) is 35.9 Å². The minimum Gasteiger partial charge on any atom is -0.302 e. The quantitative estimate of drug-likeness (QED) is 0.664. The van der Waals surface area contributed by atoms with Gasteiger partial charge in [0.05, 0.1) is 25.7 Å². The highest BCUT2D eigenvalue weighted by atomic mass is 15.3. The van der Waals surface area contributed by atoms with Crippen LogP contribution < -0.4 is 5.32 Å². The summed E-state index contributed by atoms with van der Waals surface area (Å²) in [5.41, 5.74) is 1.29. The van der Waals surface area contributed by atoms with Crippen molar-refractivity contribution in [1.82, 2.24) is 15.1 Å².